The van der Waals surface area contributed by atoms with Gasteiger partial charge in [0.05, 0.1) is 24.4 Å². The van der Waals surface area contributed by atoms with Crippen LogP contribution in [-0.2, 0) is 6.54 Å². The van der Waals surface area contributed by atoms with Crippen molar-refractivity contribution < 1.29 is 9.64 Å². The summed E-state index contributed by atoms with van der Waals surface area (Å²) in [5.41, 5.74) is 3.18. The molecule has 4 rings (SSSR count). The number of aromatic nitrogens is 2. The van der Waals surface area contributed by atoms with E-state index in [0.29, 0.717) is 6.04 Å². The van der Waals surface area contributed by atoms with Gasteiger partial charge < -0.3 is 15.0 Å². The van der Waals surface area contributed by atoms with Gasteiger partial charge in [0, 0.05) is 11.1 Å². The van der Waals surface area contributed by atoms with E-state index < -0.39 is 0 Å². The van der Waals surface area contributed by atoms with Gasteiger partial charge in [-0.05, 0) is 43.3 Å². The van der Waals surface area contributed by atoms with E-state index in [2.05, 4.69) is 42.9 Å². The lowest BCUT2D eigenvalue weighted by atomic mass is 10.3. The number of nitrogens with one attached hydrogen (secondary N) is 2. The van der Waals surface area contributed by atoms with Gasteiger partial charge in [0.15, 0.2) is 10.1 Å². The normalized spacial score (nSPS) is 13.4. The van der Waals surface area contributed by atoms with Crippen LogP contribution in [0.4, 0.5) is 10.8 Å². The van der Waals surface area contributed by atoms with Gasteiger partial charge in [0.25, 0.3) is 0 Å². The highest BCUT2D eigenvalue weighted by atomic mass is 32.1. The van der Waals surface area contributed by atoms with Crippen molar-refractivity contribution >= 4 is 43.7 Å². The molecule has 0 bridgehead atoms. The van der Waals surface area contributed by atoms with Gasteiger partial charge in [-0.15, -0.1) is 22.7 Å². The van der Waals surface area contributed by atoms with E-state index in [4.69, 9.17) is 14.7 Å². The summed E-state index contributed by atoms with van der Waals surface area (Å²) in [6, 6.07) is 16.5. The molecule has 0 fully saturated rings. The summed E-state index contributed by atoms with van der Waals surface area (Å²) in [5.74, 6) is 0.847. The van der Waals surface area contributed by atoms with Crippen molar-refractivity contribution in [2.24, 2.45) is 0 Å². The molecule has 0 saturated heterocycles. The number of methoxy groups -OCH3 is 1. The molecule has 28 heavy (non-hydrogen) atoms. The Morgan fingerprint density at radius 1 is 1.11 bits per heavy atom. The van der Waals surface area contributed by atoms with E-state index in [-0.39, 0.29) is 0 Å². The number of anilines is 2. The van der Waals surface area contributed by atoms with E-state index in [1.54, 1.807) is 29.8 Å². The fourth-order valence-corrected chi connectivity index (χ4v) is 4.81. The molecule has 2 aromatic heterocycles. The summed E-state index contributed by atoms with van der Waals surface area (Å²) in [7, 11) is 3.87. The fraction of sp³-hybridized carbons (Fsp3) is 0.238. The minimum absolute atomic E-state index is 0.317. The number of thiazole rings is 2. The highest BCUT2D eigenvalue weighted by Gasteiger charge is 2.21. The first-order valence-corrected chi connectivity index (χ1v) is 10.9. The number of para-hydroxylation sites is 1. The van der Waals surface area contributed by atoms with E-state index in [0.717, 1.165) is 34.3 Å². The van der Waals surface area contributed by atoms with Gasteiger partial charge in [-0.2, -0.15) is 0 Å². The van der Waals surface area contributed by atoms with Crippen LogP contribution >= 0.6 is 22.7 Å². The van der Waals surface area contributed by atoms with Crippen molar-refractivity contribution in [2.75, 3.05) is 19.5 Å². The average Bonchev–Trinajstić information content (AvgIpc) is 3.34. The molecular weight excluding hydrogens is 388 g/mol. The minimum atomic E-state index is 0.317. The second-order valence-corrected chi connectivity index (χ2v) is 8.68. The number of quaternary nitrogens is 1. The van der Waals surface area contributed by atoms with Crippen molar-refractivity contribution in [3.8, 4) is 5.75 Å². The Labute approximate surface area is 172 Å². The van der Waals surface area contributed by atoms with Crippen molar-refractivity contribution in [1.82, 2.24) is 9.97 Å². The molecule has 0 amide bonds. The Hall–Kier alpha value is -2.48. The predicted molar refractivity (Wildman–Crippen MR) is 117 cm³/mol. The molecule has 0 aliphatic rings. The Balaban J connectivity index is 1.40. The highest BCUT2D eigenvalue weighted by molar-refractivity contribution is 7.18. The number of benzene rings is 2. The first-order chi connectivity index (χ1) is 13.6. The molecular formula is C21H23N4OS2+. The molecule has 0 aliphatic carbocycles. The van der Waals surface area contributed by atoms with Gasteiger partial charge in [-0.3, -0.25) is 0 Å². The molecule has 2 atom stereocenters. The standard InChI is InChI=1S/C21H22N4OS2/c1-14(20-24-18-6-4-5-7-19(18)28-20)25(2)12-16-13-27-21(23-16)22-15-8-10-17(26-3)11-9-15/h4-11,13-14H,12H2,1-3H3,(H,22,23)/p+1/t14-/m1/s1. The average molecular weight is 412 g/mol. The van der Waals surface area contributed by atoms with Crippen LogP contribution in [0.2, 0.25) is 0 Å². The predicted octanol–water partition coefficient (Wildman–Crippen LogP) is 4.28. The SMILES string of the molecule is COc1ccc(Nc2nc(C[NH+](C)[C@H](C)c3nc4ccccc4s3)cs2)cc1. The zero-order valence-electron chi connectivity index (χ0n) is 16.1. The molecule has 2 aromatic carbocycles. The Bertz CT molecular complexity index is 1020. The molecule has 0 radical (unpaired) electrons. The van der Waals surface area contributed by atoms with E-state index >= 15 is 0 Å². The van der Waals surface area contributed by atoms with E-state index in [9.17, 15) is 0 Å². The zero-order valence-corrected chi connectivity index (χ0v) is 17.7. The van der Waals surface area contributed by atoms with E-state index in [1.807, 2.05) is 30.3 Å². The van der Waals surface area contributed by atoms with Gasteiger partial charge in [0.1, 0.15) is 24.0 Å². The highest BCUT2D eigenvalue weighted by Crippen LogP contribution is 2.25. The fourth-order valence-electron chi connectivity index (χ4n) is 2.97. The molecule has 0 aliphatic heterocycles. The molecule has 1 unspecified atom stereocenters. The lowest BCUT2D eigenvalue weighted by Crippen LogP contribution is -3.07. The topological polar surface area (TPSA) is 51.5 Å². The molecule has 5 nitrogen and oxygen atoms in total. The Kier molecular flexibility index (Phi) is 5.57. The first kappa shape index (κ1) is 18.9. The van der Waals surface area contributed by atoms with Crippen LogP contribution in [0.1, 0.15) is 23.7 Å². The third kappa shape index (κ3) is 4.16. The van der Waals surface area contributed by atoms with Gasteiger partial charge in [-0.1, -0.05) is 12.1 Å². The van der Waals surface area contributed by atoms with Crippen molar-refractivity contribution in [3.05, 3.63) is 64.6 Å². The van der Waals surface area contributed by atoms with Crippen LogP contribution in [0.5, 0.6) is 5.75 Å². The number of fused-ring (bicyclic) bond motifs is 1. The maximum atomic E-state index is 5.20. The number of hydrogen-bond donors (Lipinski definition) is 2. The molecule has 2 heterocycles. The molecule has 2 N–H and O–H groups in total. The number of ether oxygens (including phenoxy) is 1. The molecule has 0 saturated carbocycles. The monoisotopic (exact) mass is 411 g/mol. The minimum Gasteiger partial charge on any atom is -0.497 e. The van der Waals surface area contributed by atoms with Crippen molar-refractivity contribution in [2.45, 2.75) is 19.5 Å². The third-order valence-corrected chi connectivity index (χ3v) is 6.80. The summed E-state index contributed by atoms with van der Waals surface area (Å²) < 4.78 is 6.44. The molecule has 144 valence electrons. The van der Waals surface area contributed by atoms with Crippen LogP contribution in [0.15, 0.2) is 53.9 Å². The second kappa shape index (κ2) is 8.26. The Morgan fingerprint density at radius 3 is 2.64 bits per heavy atom. The zero-order chi connectivity index (χ0) is 19.5. The quantitative estimate of drug-likeness (QED) is 0.477. The van der Waals surface area contributed by atoms with Crippen LogP contribution in [0.3, 0.4) is 0 Å². The van der Waals surface area contributed by atoms with Crippen LogP contribution < -0.4 is 15.0 Å². The summed E-state index contributed by atoms with van der Waals surface area (Å²) in [6.45, 7) is 3.09. The summed E-state index contributed by atoms with van der Waals surface area (Å²) in [6.07, 6.45) is 0. The third-order valence-electron chi connectivity index (χ3n) is 4.77. The van der Waals surface area contributed by atoms with Crippen LogP contribution in [-0.4, -0.2) is 24.1 Å². The summed E-state index contributed by atoms with van der Waals surface area (Å²) in [4.78, 5) is 10.9. The molecule has 0 spiro atoms. The smallest absolute Gasteiger partial charge is 0.187 e. The number of hydrogen-bond acceptors (Lipinski definition) is 6. The van der Waals surface area contributed by atoms with Gasteiger partial charge in [0.2, 0.25) is 0 Å². The maximum absolute atomic E-state index is 5.20. The van der Waals surface area contributed by atoms with Gasteiger partial charge >= 0.3 is 0 Å². The first-order valence-electron chi connectivity index (χ1n) is 9.15. The largest absolute Gasteiger partial charge is 0.497 e. The van der Waals surface area contributed by atoms with Crippen LogP contribution in [0.25, 0.3) is 10.2 Å². The molecule has 7 heteroatoms. The van der Waals surface area contributed by atoms with E-state index in [1.165, 1.54) is 14.6 Å². The van der Waals surface area contributed by atoms with Crippen LogP contribution in [0, 0.1) is 0 Å². The van der Waals surface area contributed by atoms with Crippen molar-refractivity contribution in [3.63, 3.8) is 0 Å². The number of nitrogens with zero attached hydrogens (tertiary/aromatic N) is 2. The lowest BCUT2D eigenvalue weighted by Gasteiger charge is -2.18. The molecule has 4 aromatic rings. The maximum Gasteiger partial charge on any atom is 0.187 e. The second-order valence-electron chi connectivity index (χ2n) is 6.76. The Morgan fingerprint density at radius 2 is 1.89 bits per heavy atom. The van der Waals surface area contributed by atoms with Gasteiger partial charge in [-0.25, -0.2) is 9.97 Å². The van der Waals surface area contributed by atoms with Crippen molar-refractivity contribution in [1.29, 1.82) is 0 Å². The summed E-state index contributed by atoms with van der Waals surface area (Å²) in [5, 5.41) is 7.56. The lowest BCUT2D eigenvalue weighted by molar-refractivity contribution is -0.924. The summed E-state index contributed by atoms with van der Waals surface area (Å²) >= 11 is 3.41. The number of rotatable bonds is 7.